The fourth-order valence-corrected chi connectivity index (χ4v) is 2.03. The highest BCUT2D eigenvalue weighted by Gasteiger charge is 2.41. The second kappa shape index (κ2) is 5.73. The summed E-state index contributed by atoms with van der Waals surface area (Å²) in [5, 5.41) is 2.67. The second-order valence-corrected chi connectivity index (χ2v) is 4.67. The SMILES string of the molecule is COc1ccc(CNC(=O)C2CN(C)C(=O)C2=O)cc1. The lowest BCUT2D eigenvalue weighted by Gasteiger charge is -2.10. The van der Waals surface area contributed by atoms with Crippen LogP contribution in [-0.2, 0) is 20.9 Å². The predicted molar refractivity (Wildman–Crippen MR) is 71.0 cm³/mol. The molecule has 1 unspecified atom stereocenters. The Balaban J connectivity index is 1.92. The van der Waals surface area contributed by atoms with Crippen LogP contribution >= 0.6 is 0 Å². The van der Waals surface area contributed by atoms with Crippen LogP contribution in [-0.4, -0.2) is 43.2 Å². The van der Waals surface area contributed by atoms with Crippen LogP contribution in [0.1, 0.15) is 5.56 Å². The van der Waals surface area contributed by atoms with Gasteiger partial charge in [-0.1, -0.05) is 12.1 Å². The molecule has 20 heavy (non-hydrogen) atoms. The van der Waals surface area contributed by atoms with E-state index in [-0.39, 0.29) is 6.54 Å². The van der Waals surface area contributed by atoms with Crippen molar-refractivity contribution in [2.24, 2.45) is 5.92 Å². The molecule has 0 aliphatic carbocycles. The number of hydrogen-bond donors (Lipinski definition) is 1. The number of nitrogens with one attached hydrogen (secondary N) is 1. The van der Waals surface area contributed by atoms with Crippen molar-refractivity contribution in [2.45, 2.75) is 6.54 Å². The van der Waals surface area contributed by atoms with Gasteiger partial charge in [0.1, 0.15) is 11.7 Å². The van der Waals surface area contributed by atoms with Gasteiger partial charge in [-0.15, -0.1) is 0 Å². The van der Waals surface area contributed by atoms with Gasteiger partial charge >= 0.3 is 0 Å². The Kier molecular flexibility index (Phi) is 4.02. The van der Waals surface area contributed by atoms with Crippen molar-refractivity contribution in [3.63, 3.8) is 0 Å². The highest BCUT2D eigenvalue weighted by atomic mass is 16.5. The summed E-state index contributed by atoms with van der Waals surface area (Å²) in [5.74, 6) is -1.82. The van der Waals surface area contributed by atoms with Crippen LogP contribution in [0.3, 0.4) is 0 Å². The number of methoxy groups -OCH3 is 1. The van der Waals surface area contributed by atoms with Crippen molar-refractivity contribution >= 4 is 17.6 Å². The highest BCUT2D eigenvalue weighted by molar-refractivity contribution is 6.42. The minimum absolute atomic E-state index is 0.145. The van der Waals surface area contributed by atoms with E-state index in [1.165, 1.54) is 11.9 Å². The second-order valence-electron chi connectivity index (χ2n) is 4.67. The van der Waals surface area contributed by atoms with E-state index in [0.29, 0.717) is 6.54 Å². The number of carbonyl (C=O) groups excluding carboxylic acids is 3. The fourth-order valence-electron chi connectivity index (χ4n) is 2.03. The molecule has 1 atom stereocenters. The highest BCUT2D eigenvalue weighted by Crippen LogP contribution is 2.14. The van der Waals surface area contributed by atoms with Crippen molar-refractivity contribution in [1.82, 2.24) is 10.2 Å². The van der Waals surface area contributed by atoms with Crippen molar-refractivity contribution in [3.05, 3.63) is 29.8 Å². The van der Waals surface area contributed by atoms with Crippen LogP contribution in [0.2, 0.25) is 0 Å². The Morgan fingerprint density at radius 2 is 2.00 bits per heavy atom. The number of benzene rings is 1. The maximum atomic E-state index is 11.9. The lowest BCUT2D eigenvalue weighted by molar-refractivity contribution is -0.142. The molecular weight excluding hydrogens is 260 g/mol. The number of amides is 2. The topological polar surface area (TPSA) is 75.7 Å². The van der Waals surface area contributed by atoms with E-state index >= 15 is 0 Å². The van der Waals surface area contributed by atoms with Gasteiger partial charge in [0.15, 0.2) is 0 Å². The van der Waals surface area contributed by atoms with Gasteiger partial charge in [-0.05, 0) is 17.7 Å². The van der Waals surface area contributed by atoms with E-state index in [1.54, 1.807) is 19.2 Å². The molecule has 6 nitrogen and oxygen atoms in total. The molecule has 0 saturated carbocycles. The van der Waals surface area contributed by atoms with E-state index < -0.39 is 23.5 Å². The summed E-state index contributed by atoms with van der Waals surface area (Å²) >= 11 is 0. The van der Waals surface area contributed by atoms with Crippen molar-refractivity contribution in [3.8, 4) is 5.75 Å². The number of hydrogen-bond acceptors (Lipinski definition) is 4. The molecule has 1 aliphatic rings. The van der Waals surface area contributed by atoms with Crippen molar-refractivity contribution in [2.75, 3.05) is 20.7 Å². The van der Waals surface area contributed by atoms with E-state index in [1.807, 2.05) is 12.1 Å². The van der Waals surface area contributed by atoms with E-state index in [2.05, 4.69) is 5.32 Å². The number of likely N-dealkylation sites (N-methyl/N-ethyl adjacent to an activating group) is 1. The van der Waals surface area contributed by atoms with Gasteiger partial charge in [-0.3, -0.25) is 14.4 Å². The fraction of sp³-hybridized carbons (Fsp3) is 0.357. The van der Waals surface area contributed by atoms with Gasteiger partial charge in [0.2, 0.25) is 11.7 Å². The molecule has 2 amide bonds. The monoisotopic (exact) mass is 276 g/mol. The first-order valence-electron chi connectivity index (χ1n) is 6.23. The molecule has 1 N–H and O–H groups in total. The Morgan fingerprint density at radius 1 is 1.35 bits per heavy atom. The number of Topliss-reactive ketones (excluding diaryl/α,β-unsaturated/α-hetero) is 1. The zero-order valence-corrected chi connectivity index (χ0v) is 11.4. The zero-order chi connectivity index (χ0) is 14.7. The minimum atomic E-state index is -0.897. The number of ether oxygens (including phenoxy) is 1. The third-order valence-corrected chi connectivity index (χ3v) is 3.27. The normalized spacial score (nSPS) is 18.3. The number of likely N-dealkylation sites (tertiary alicyclic amines) is 1. The first-order chi connectivity index (χ1) is 9.52. The van der Waals surface area contributed by atoms with Crippen molar-refractivity contribution < 1.29 is 19.1 Å². The van der Waals surface area contributed by atoms with Crippen LogP contribution in [0.15, 0.2) is 24.3 Å². The number of carbonyl (C=O) groups is 3. The maximum Gasteiger partial charge on any atom is 0.290 e. The van der Waals surface area contributed by atoms with Crippen LogP contribution in [0.4, 0.5) is 0 Å². The molecule has 106 valence electrons. The van der Waals surface area contributed by atoms with E-state index in [4.69, 9.17) is 4.74 Å². The molecular formula is C14H16N2O4. The quantitative estimate of drug-likeness (QED) is 0.619. The number of ketones is 1. The molecule has 1 saturated heterocycles. The molecule has 0 aromatic heterocycles. The minimum Gasteiger partial charge on any atom is -0.497 e. The Morgan fingerprint density at radius 3 is 2.50 bits per heavy atom. The Labute approximate surface area is 116 Å². The Bertz CT molecular complexity index is 539. The number of nitrogens with zero attached hydrogens (tertiary/aromatic N) is 1. The molecule has 0 radical (unpaired) electrons. The van der Waals surface area contributed by atoms with Gasteiger partial charge < -0.3 is 15.0 Å². The van der Waals surface area contributed by atoms with Crippen molar-refractivity contribution in [1.29, 1.82) is 0 Å². The molecule has 6 heteroatoms. The zero-order valence-electron chi connectivity index (χ0n) is 11.4. The van der Waals surface area contributed by atoms with Gasteiger partial charge in [-0.25, -0.2) is 0 Å². The molecule has 1 fully saturated rings. The lowest BCUT2D eigenvalue weighted by Crippen LogP contribution is -2.35. The summed E-state index contributed by atoms with van der Waals surface area (Å²) in [7, 11) is 3.09. The van der Waals surface area contributed by atoms with Crippen LogP contribution < -0.4 is 10.1 Å². The lowest BCUT2D eigenvalue weighted by atomic mass is 10.1. The molecule has 1 aromatic rings. The predicted octanol–water partition coefficient (Wildman–Crippen LogP) is -0.0313. The van der Waals surface area contributed by atoms with Gasteiger partial charge in [0.25, 0.3) is 5.91 Å². The molecule has 0 spiro atoms. The molecule has 0 bridgehead atoms. The van der Waals surface area contributed by atoms with Gasteiger partial charge in [0, 0.05) is 20.1 Å². The van der Waals surface area contributed by atoms with Crippen LogP contribution in [0.25, 0.3) is 0 Å². The molecule has 1 aliphatic heterocycles. The van der Waals surface area contributed by atoms with Crippen LogP contribution in [0.5, 0.6) is 5.75 Å². The largest absolute Gasteiger partial charge is 0.497 e. The average molecular weight is 276 g/mol. The van der Waals surface area contributed by atoms with Gasteiger partial charge in [-0.2, -0.15) is 0 Å². The smallest absolute Gasteiger partial charge is 0.290 e. The molecule has 1 aromatic carbocycles. The summed E-state index contributed by atoms with van der Waals surface area (Å²) in [6.45, 7) is 0.455. The molecule has 1 heterocycles. The van der Waals surface area contributed by atoms with Gasteiger partial charge in [0.05, 0.1) is 7.11 Å². The standard InChI is InChI=1S/C14H16N2O4/c1-16-8-11(12(17)14(16)19)13(18)15-7-9-3-5-10(20-2)6-4-9/h3-6,11H,7-8H2,1-2H3,(H,15,18). The third-order valence-electron chi connectivity index (χ3n) is 3.27. The number of rotatable bonds is 4. The average Bonchev–Trinajstić information content (AvgIpc) is 2.73. The first kappa shape index (κ1) is 14.0. The Hall–Kier alpha value is -2.37. The summed E-state index contributed by atoms with van der Waals surface area (Å²) in [6.07, 6.45) is 0. The summed E-state index contributed by atoms with van der Waals surface area (Å²) in [4.78, 5) is 36.1. The molecule has 2 rings (SSSR count). The third kappa shape index (κ3) is 2.79. The summed E-state index contributed by atoms with van der Waals surface area (Å²) < 4.78 is 5.04. The summed E-state index contributed by atoms with van der Waals surface area (Å²) in [6, 6.07) is 7.23. The first-order valence-corrected chi connectivity index (χ1v) is 6.23. The maximum absolute atomic E-state index is 11.9. The van der Waals surface area contributed by atoms with Crippen LogP contribution in [0, 0.1) is 5.92 Å². The summed E-state index contributed by atoms with van der Waals surface area (Å²) in [5.41, 5.74) is 0.893. The van der Waals surface area contributed by atoms with E-state index in [9.17, 15) is 14.4 Å². The van der Waals surface area contributed by atoms with E-state index in [0.717, 1.165) is 11.3 Å².